The van der Waals surface area contributed by atoms with E-state index < -0.39 is 36.0 Å². The molecule has 2 atom stereocenters. The van der Waals surface area contributed by atoms with Crippen LogP contribution in [0.3, 0.4) is 0 Å². The van der Waals surface area contributed by atoms with E-state index in [4.69, 9.17) is 9.84 Å². The molecule has 2 heterocycles. The Morgan fingerprint density at radius 2 is 2.27 bits per heavy atom. The zero-order chi connectivity index (χ0) is 16.3. The summed E-state index contributed by atoms with van der Waals surface area (Å²) in [5.41, 5.74) is 0.298. The van der Waals surface area contributed by atoms with Gasteiger partial charge in [-0.05, 0) is 12.1 Å². The summed E-state index contributed by atoms with van der Waals surface area (Å²) in [5, 5.41) is 9.10. The van der Waals surface area contributed by atoms with E-state index in [1.807, 2.05) is 0 Å². The van der Waals surface area contributed by atoms with Crippen molar-refractivity contribution in [3.8, 4) is 0 Å². The van der Waals surface area contributed by atoms with Gasteiger partial charge in [-0.15, -0.1) is 0 Å². The molecular formula is C13H13FN2O6. The van der Waals surface area contributed by atoms with E-state index in [-0.39, 0.29) is 13.2 Å². The Balaban J connectivity index is 2.23. The summed E-state index contributed by atoms with van der Waals surface area (Å²) < 4.78 is 22.6. The van der Waals surface area contributed by atoms with Crippen LogP contribution in [0, 0.1) is 5.95 Å². The molecule has 1 fully saturated rings. The topological polar surface area (TPSA) is 106 Å². The summed E-state index contributed by atoms with van der Waals surface area (Å²) in [6.07, 6.45) is -2.07. The first kappa shape index (κ1) is 15.8. The summed E-state index contributed by atoms with van der Waals surface area (Å²) >= 11 is 0. The smallest absolute Gasteiger partial charge is 0.348 e. The summed E-state index contributed by atoms with van der Waals surface area (Å²) in [7, 11) is 0. The number of aromatic nitrogens is 1. The van der Waals surface area contributed by atoms with Gasteiger partial charge >= 0.3 is 11.9 Å². The summed E-state index contributed by atoms with van der Waals surface area (Å²) in [6.45, 7) is 1.22. The number of esters is 1. The van der Waals surface area contributed by atoms with E-state index in [0.29, 0.717) is 5.69 Å². The van der Waals surface area contributed by atoms with Crippen LogP contribution in [-0.4, -0.2) is 53.3 Å². The molecule has 0 radical (unpaired) electrons. The standard InChI is InChI=1S/C13H13FN2O6/c1-7(17)22-11(13(19)20)10-12(18)16(4-5-21-10)8-2-3-9(14)15-6-8/h2-3,6,10-11H,4-5H2,1H3,(H,19,20). The van der Waals surface area contributed by atoms with Crippen molar-refractivity contribution >= 4 is 23.5 Å². The molecule has 0 bridgehead atoms. The SMILES string of the molecule is CC(=O)OC(C(=O)O)C1OCCN(c2ccc(F)nc2)C1=O. The number of rotatable bonds is 4. The fraction of sp³-hybridized carbons (Fsp3) is 0.385. The lowest BCUT2D eigenvalue weighted by Crippen LogP contribution is -2.55. The van der Waals surface area contributed by atoms with E-state index >= 15 is 0 Å². The monoisotopic (exact) mass is 312 g/mol. The molecule has 9 heteroatoms. The lowest BCUT2D eigenvalue weighted by Gasteiger charge is -2.34. The number of amides is 1. The molecule has 1 aromatic heterocycles. The Kier molecular flexibility index (Phi) is 4.66. The molecule has 1 aromatic rings. The normalized spacial score (nSPS) is 19.6. The Bertz CT molecular complexity index is 591. The van der Waals surface area contributed by atoms with Crippen LogP contribution in [0.1, 0.15) is 6.92 Å². The molecule has 1 aliphatic heterocycles. The molecule has 0 saturated carbocycles. The van der Waals surface area contributed by atoms with Crippen LogP contribution in [0.2, 0.25) is 0 Å². The predicted octanol–water partition coefficient (Wildman–Crippen LogP) is -0.0312. The fourth-order valence-corrected chi connectivity index (χ4v) is 2.03. The van der Waals surface area contributed by atoms with Crippen molar-refractivity contribution in [2.75, 3.05) is 18.1 Å². The van der Waals surface area contributed by atoms with Crippen LogP contribution in [0.25, 0.3) is 0 Å². The van der Waals surface area contributed by atoms with Crippen molar-refractivity contribution in [2.24, 2.45) is 0 Å². The number of ether oxygens (including phenoxy) is 2. The molecule has 118 valence electrons. The number of carbonyl (C=O) groups is 3. The number of pyridine rings is 1. The maximum Gasteiger partial charge on any atom is 0.348 e. The Labute approximate surface area is 124 Å². The van der Waals surface area contributed by atoms with E-state index in [1.165, 1.54) is 11.0 Å². The summed E-state index contributed by atoms with van der Waals surface area (Å²) in [5.74, 6) is -3.74. The highest BCUT2D eigenvalue weighted by Crippen LogP contribution is 2.21. The number of morpholine rings is 1. The van der Waals surface area contributed by atoms with E-state index in [9.17, 15) is 18.8 Å². The van der Waals surface area contributed by atoms with Crippen LogP contribution in [0.4, 0.5) is 10.1 Å². The highest BCUT2D eigenvalue weighted by atomic mass is 19.1. The molecule has 8 nitrogen and oxygen atoms in total. The van der Waals surface area contributed by atoms with Gasteiger partial charge in [-0.2, -0.15) is 4.39 Å². The minimum absolute atomic E-state index is 0.0405. The molecule has 22 heavy (non-hydrogen) atoms. The van der Waals surface area contributed by atoms with Gasteiger partial charge in [-0.3, -0.25) is 9.59 Å². The van der Waals surface area contributed by atoms with Crippen molar-refractivity contribution in [3.05, 3.63) is 24.3 Å². The van der Waals surface area contributed by atoms with Gasteiger partial charge in [0.05, 0.1) is 18.5 Å². The first-order chi connectivity index (χ1) is 10.4. The second-order valence-corrected chi connectivity index (χ2v) is 4.49. The average Bonchev–Trinajstić information content (AvgIpc) is 2.46. The van der Waals surface area contributed by atoms with E-state index in [2.05, 4.69) is 9.72 Å². The Hall–Kier alpha value is -2.55. The van der Waals surface area contributed by atoms with Crippen molar-refractivity contribution in [1.29, 1.82) is 0 Å². The predicted molar refractivity (Wildman–Crippen MR) is 69.5 cm³/mol. The number of nitrogens with zero attached hydrogens (tertiary/aromatic N) is 2. The lowest BCUT2D eigenvalue weighted by atomic mass is 10.1. The number of anilines is 1. The van der Waals surface area contributed by atoms with Gasteiger partial charge in [0, 0.05) is 13.5 Å². The number of carboxylic acid groups (broad SMARTS) is 1. The van der Waals surface area contributed by atoms with Crippen molar-refractivity contribution < 1.29 is 33.4 Å². The molecule has 2 unspecified atom stereocenters. The third-order valence-electron chi connectivity index (χ3n) is 2.96. The quantitative estimate of drug-likeness (QED) is 0.614. The second kappa shape index (κ2) is 6.48. The average molecular weight is 312 g/mol. The molecular weight excluding hydrogens is 299 g/mol. The van der Waals surface area contributed by atoms with Crippen molar-refractivity contribution in [3.63, 3.8) is 0 Å². The first-order valence-corrected chi connectivity index (χ1v) is 6.34. The number of hydrogen-bond donors (Lipinski definition) is 1. The molecule has 0 spiro atoms. The zero-order valence-electron chi connectivity index (χ0n) is 11.6. The van der Waals surface area contributed by atoms with Crippen molar-refractivity contribution in [2.45, 2.75) is 19.1 Å². The number of halogens is 1. The highest BCUT2D eigenvalue weighted by Gasteiger charge is 2.42. The molecule has 0 aliphatic carbocycles. The van der Waals surface area contributed by atoms with Crippen molar-refractivity contribution in [1.82, 2.24) is 4.98 Å². The van der Waals surface area contributed by atoms with E-state index in [0.717, 1.165) is 19.2 Å². The van der Waals surface area contributed by atoms with Crippen LogP contribution in [0.15, 0.2) is 18.3 Å². The third kappa shape index (κ3) is 3.37. The Morgan fingerprint density at radius 3 is 2.82 bits per heavy atom. The van der Waals surface area contributed by atoms with Gasteiger partial charge in [0.1, 0.15) is 0 Å². The van der Waals surface area contributed by atoms with Crippen LogP contribution < -0.4 is 4.90 Å². The Morgan fingerprint density at radius 1 is 1.55 bits per heavy atom. The zero-order valence-corrected chi connectivity index (χ0v) is 11.6. The maximum atomic E-state index is 12.8. The van der Waals surface area contributed by atoms with Gasteiger partial charge in [0.15, 0.2) is 6.10 Å². The molecule has 1 saturated heterocycles. The summed E-state index contributed by atoms with van der Waals surface area (Å²) in [6, 6.07) is 2.41. The van der Waals surface area contributed by atoms with Gasteiger partial charge in [0.2, 0.25) is 12.1 Å². The van der Waals surface area contributed by atoms with Crippen LogP contribution >= 0.6 is 0 Å². The lowest BCUT2D eigenvalue weighted by molar-refractivity contribution is -0.177. The number of carbonyl (C=O) groups excluding carboxylic acids is 2. The molecule has 0 aromatic carbocycles. The van der Waals surface area contributed by atoms with Crippen LogP contribution in [0.5, 0.6) is 0 Å². The van der Waals surface area contributed by atoms with E-state index in [1.54, 1.807) is 0 Å². The highest BCUT2D eigenvalue weighted by molar-refractivity contribution is 6.00. The first-order valence-electron chi connectivity index (χ1n) is 6.34. The minimum Gasteiger partial charge on any atom is -0.478 e. The molecule has 1 N–H and O–H groups in total. The molecule has 1 aliphatic rings. The van der Waals surface area contributed by atoms with Crippen LogP contribution in [-0.2, 0) is 23.9 Å². The molecule has 1 amide bonds. The number of aliphatic carboxylic acids is 1. The van der Waals surface area contributed by atoms with Gasteiger partial charge in [-0.25, -0.2) is 9.78 Å². The number of carboxylic acids is 1. The van der Waals surface area contributed by atoms with Gasteiger partial charge < -0.3 is 19.5 Å². The van der Waals surface area contributed by atoms with Gasteiger partial charge in [-0.1, -0.05) is 0 Å². The summed E-state index contributed by atoms with van der Waals surface area (Å²) in [4.78, 5) is 39.2. The maximum absolute atomic E-state index is 12.8. The van der Waals surface area contributed by atoms with Gasteiger partial charge in [0.25, 0.3) is 5.91 Å². The third-order valence-corrected chi connectivity index (χ3v) is 2.96. The second-order valence-electron chi connectivity index (χ2n) is 4.49. The largest absolute Gasteiger partial charge is 0.478 e. The molecule has 2 rings (SSSR count). The number of hydrogen-bond acceptors (Lipinski definition) is 6. The fourth-order valence-electron chi connectivity index (χ4n) is 2.03. The minimum atomic E-state index is -1.75.